The Balaban J connectivity index is 2.15. The fourth-order valence-electron chi connectivity index (χ4n) is 2.35. The van der Waals surface area contributed by atoms with Gasteiger partial charge in [0, 0.05) is 16.7 Å². The first kappa shape index (κ1) is 16.9. The summed E-state index contributed by atoms with van der Waals surface area (Å²) in [5.74, 6) is -0.466. The Bertz CT molecular complexity index is 695. The van der Waals surface area contributed by atoms with Crippen molar-refractivity contribution in [3.63, 3.8) is 0 Å². The number of benzene rings is 2. The third kappa shape index (κ3) is 4.50. The number of ketones is 1. The lowest BCUT2D eigenvalue weighted by Gasteiger charge is -2.23. The molecule has 0 unspecified atom stereocenters. The van der Waals surface area contributed by atoms with E-state index in [1.54, 1.807) is 24.3 Å². The molecule has 2 aromatic carbocycles. The highest BCUT2D eigenvalue weighted by molar-refractivity contribution is 6.09. The normalized spacial score (nSPS) is 11.1. The molecule has 0 amide bonds. The van der Waals surface area contributed by atoms with Crippen molar-refractivity contribution in [1.29, 1.82) is 0 Å². The molecule has 23 heavy (non-hydrogen) atoms. The molecule has 120 valence electrons. The van der Waals surface area contributed by atoms with Gasteiger partial charge in [0.15, 0.2) is 5.78 Å². The summed E-state index contributed by atoms with van der Waals surface area (Å²) in [7, 11) is 7.71. The zero-order valence-corrected chi connectivity index (χ0v) is 14.0. The van der Waals surface area contributed by atoms with Gasteiger partial charge >= 0.3 is 5.97 Å². The SMILES string of the molecule is COC(=O)c1ccc(C(=O)c2ccc(C[N+](C)(C)C)cc2)cc1. The van der Waals surface area contributed by atoms with Crippen molar-refractivity contribution in [2.45, 2.75) is 6.54 Å². The molecule has 0 aromatic heterocycles. The molecule has 2 rings (SSSR count). The lowest BCUT2D eigenvalue weighted by atomic mass is 10.0. The number of quaternary nitrogens is 1. The quantitative estimate of drug-likeness (QED) is 0.484. The first-order valence-electron chi connectivity index (χ1n) is 7.42. The average Bonchev–Trinajstić information content (AvgIpc) is 2.53. The van der Waals surface area contributed by atoms with Gasteiger partial charge in [0.2, 0.25) is 0 Å². The van der Waals surface area contributed by atoms with Gasteiger partial charge in [-0.15, -0.1) is 0 Å². The molecule has 4 heteroatoms. The average molecular weight is 312 g/mol. The molecule has 0 aliphatic rings. The second kappa shape index (κ2) is 6.75. The maximum Gasteiger partial charge on any atom is 0.337 e. The predicted octanol–water partition coefficient (Wildman–Crippen LogP) is 2.91. The molecule has 0 atom stereocenters. The van der Waals surface area contributed by atoms with E-state index in [0.717, 1.165) is 11.0 Å². The predicted molar refractivity (Wildman–Crippen MR) is 89.4 cm³/mol. The highest BCUT2D eigenvalue weighted by Gasteiger charge is 2.13. The molecule has 0 heterocycles. The topological polar surface area (TPSA) is 43.4 Å². The molecule has 0 N–H and O–H groups in total. The van der Waals surface area contributed by atoms with Gasteiger partial charge in [-0.2, -0.15) is 0 Å². The number of nitrogens with zero attached hydrogens (tertiary/aromatic N) is 1. The molecule has 0 fully saturated rings. The summed E-state index contributed by atoms with van der Waals surface area (Å²) in [6.07, 6.45) is 0. The van der Waals surface area contributed by atoms with Crippen LogP contribution in [-0.2, 0) is 11.3 Å². The van der Waals surface area contributed by atoms with Crippen molar-refractivity contribution >= 4 is 11.8 Å². The molecule has 0 aliphatic carbocycles. The smallest absolute Gasteiger partial charge is 0.337 e. The lowest BCUT2D eigenvalue weighted by Crippen LogP contribution is -2.33. The number of carbonyl (C=O) groups excluding carboxylic acids is 2. The highest BCUT2D eigenvalue weighted by atomic mass is 16.5. The van der Waals surface area contributed by atoms with Gasteiger partial charge in [-0.3, -0.25) is 4.79 Å². The summed E-state index contributed by atoms with van der Waals surface area (Å²) in [5, 5.41) is 0. The van der Waals surface area contributed by atoms with Crippen molar-refractivity contribution in [2.24, 2.45) is 0 Å². The molecule has 0 bridgehead atoms. The van der Waals surface area contributed by atoms with E-state index in [9.17, 15) is 9.59 Å². The second-order valence-electron chi connectivity index (χ2n) is 6.54. The van der Waals surface area contributed by atoms with Crippen molar-refractivity contribution in [3.8, 4) is 0 Å². The van der Waals surface area contributed by atoms with Crippen LogP contribution in [0, 0.1) is 0 Å². The molecule has 0 saturated heterocycles. The summed E-state index contributed by atoms with van der Waals surface area (Å²) >= 11 is 0. The standard InChI is InChI=1S/C19H22NO3/c1-20(2,3)13-14-5-7-15(8-6-14)18(21)16-9-11-17(12-10-16)19(22)23-4/h5-12H,13H2,1-4H3/q+1. The molecule has 4 nitrogen and oxygen atoms in total. The van der Waals surface area contributed by atoms with Crippen LogP contribution >= 0.6 is 0 Å². The van der Waals surface area contributed by atoms with Crippen LogP contribution in [0.5, 0.6) is 0 Å². The third-order valence-electron chi connectivity index (χ3n) is 3.44. The van der Waals surface area contributed by atoms with E-state index in [2.05, 4.69) is 25.9 Å². The molecule has 0 aliphatic heterocycles. The molecule has 0 radical (unpaired) electrons. The maximum absolute atomic E-state index is 12.5. The van der Waals surface area contributed by atoms with Gasteiger partial charge in [0.25, 0.3) is 0 Å². The monoisotopic (exact) mass is 312 g/mol. The lowest BCUT2D eigenvalue weighted by molar-refractivity contribution is -0.884. The van der Waals surface area contributed by atoms with Crippen LogP contribution in [0.4, 0.5) is 0 Å². The van der Waals surface area contributed by atoms with Gasteiger partial charge in [0.05, 0.1) is 33.8 Å². The van der Waals surface area contributed by atoms with Crippen LogP contribution in [0.25, 0.3) is 0 Å². The van der Waals surface area contributed by atoms with Crippen LogP contribution in [-0.4, -0.2) is 44.5 Å². The number of rotatable bonds is 5. The summed E-state index contributed by atoms with van der Waals surface area (Å²) in [4.78, 5) is 23.9. The van der Waals surface area contributed by atoms with Crippen molar-refractivity contribution < 1.29 is 18.8 Å². The first-order valence-corrected chi connectivity index (χ1v) is 7.42. The Hall–Kier alpha value is -2.46. The van der Waals surface area contributed by atoms with E-state index in [0.29, 0.717) is 16.7 Å². The van der Waals surface area contributed by atoms with E-state index in [1.165, 1.54) is 12.7 Å². The zero-order valence-electron chi connectivity index (χ0n) is 14.0. The molecule has 0 spiro atoms. The Morgan fingerprint density at radius 3 is 1.70 bits per heavy atom. The number of hydrogen-bond acceptors (Lipinski definition) is 3. The van der Waals surface area contributed by atoms with Gasteiger partial charge < -0.3 is 9.22 Å². The third-order valence-corrected chi connectivity index (χ3v) is 3.44. The van der Waals surface area contributed by atoms with E-state index < -0.39 is 5.97 Å². The summed E-state index contributed by atoms with van der Waals surface area (Å²) < 4.78 is 5.48. The summed E-state index contributed by atoms with van der Waals surface area (Å²) in [6, 6.07) is 14.2. The number of hydrogen-bond donors (Lipinski definition) is 0. The second-order valence-corrected chi connectivity index (χ2v) is 6.54. The Morgan fingerprint density at radius 1 is 0.826 bits per heavy atom. The Labute approximate surface area is 136 Å². The van der Waals surface area contributed by atoms with Crippen LogP contribution in [0.1, 0.15) is 31.8 Å². The van der Waals surface area contributed by atoms with Gasteiger partial charge in [0.1, 0.15) is 6.54 Å². The Morgan fingerprint density at radius 2 is 1.26 bits per heavy atom. The van der Waals surface area contributed by atoms with Crippen LogP contribution in [0.15, 0.2) is 48.5 Å². The molecular weight excluding hydrogens is 290 g/mol. The van der Waals surface area contributed by atoms with E-state index in [-0.39, 0.29) is 5.78 Å². The summed E-state index contributed by atoms with van der Waals surface area (Å²) in [6.45, 7) is 0.905. The van der Waals surface area contributed by atoms with Crippen LogP contribution < -0.4 is 0 Å². The van der Waals surface area contributed by atoms with Crippen LogP contribution in [0.3, 0.4) is 0 Å². The summed E-state index contributed by atoms with van der Waals surface area (Å²) in [5.41, 5.74) is 2.82. The number of ether oxygens (including phenoxy) is 1. The number of methoxy groups -OCH3 is 1. The van der Waals surface area contributed by atoms with E-state index in [4.69, 9.17) is 0 Å². The number of esters is 1. The van der Waals surface area contributed by atoms with Crippen molar-refractivity contribution in [3.05, 3.63) is 70.8 Å². The van der Waals surface area contributed by atoms with E-state index >= 15 is 0 Å². The fraction of sp³-hybridized carbons (Fsp3) is 0.263. The van der Waals surface area contributed by atoms with Gasteiger partial charge in [-0.1, -0.05) is 36.4 Å². The molecular formula is C19H22NO3+. The minimum atomic E-state index is -0.409. The Kier molecular flexibility index (Phi) is 4.96. The van der Waals surface area contributed by atoms with E-state index in [1.807, 2.05) is 24.3 Å². The maximum atomic E-state index is 12.5. The first-order chi connectivity index (χ1) is 10.8. The zero-order chi connectivity index (χ0) is 17.0. The molecule has 2 aromatic rings. The van der Waals surface area contributed by atoms with Gasteiger partial charge in [-0.25, -0.2) is 4.79 Å². The molecule has 0 saturated carbocycles. The van der Waals surface area contributed by atoms with Crippen molar-refractivity contribution in [2.75, 3.05) is 28.3 Å². The minimum absolute atomic E-state index is 0.0572. The van der Waals surface area contributed by atoms with Crippen LogP contribution in [0.2, 0.25) is 0 Å². The minimum Gasteiger partial charge on any atom is -0.465 e. The number of carbonyl (C=O) groups is 2. The largest absolute Gasteiger partial charge is 0.465 e. The fourth-order valence-corrected chi connectivity index (χ4v) is 2.35. The highest BCUT2D eigenvalue weighted by Crippen LogP contribution is 2.14. The van der Waals surface area contributed by atoms with Gasteiger partial charge in [-0.05, 0) is 12.1 Å². The van der Waals surface area contributed by atoms with Crippen molar-refractivity contribution in [1.82, 2.24) is 0 Å².